The molecule has 150 valence electrons. The number of aliphatic imine (C=N–C) groups is 1. The minimum atomic E-state index is 0.0534. The van der Waals surface area contributed by atoms with Crippen LogP contribution in [-0.2, 0) is 6.54 Å². The average molecular weight is 396 g/mol. The number of aromatic nitrogens is 4. The lowest BCUT2D eigenvalue weighted by molar-refractivity contribution is 0.403. The van der Waals surface area contributed by atoms with Gasteiger partial charge in [-0.15, -0.1) is 0 Å². The molecule has 30 heavy (non-hydrogen) atoms. The highest BCUT2D eigenvalue weighted by atomic mass is 15.3. The van der Waals surface area contributed by atoms with E-state index in [1.807, 2.05) is 37.9 Å². The molecule has 0 fully saturated rings. The number of nitrogens with one attached hydrogen (secondary N) is 1. The van der Waals surface area contributed by atoms with Gasteiger partial charge in [-0.3, -0.25) is 14.7 Å². The number of benzene rings is 1. The van der Waals surface area contributed by atoms with Crippen molar-refractivity contribution in [2.75, 3.05) is 7.05 Å². The molecule has 0 amide bonds. The number of fused-ring (bicyclic) bond motifs is 1. The van der Waals surface area contributed by atoms with E-state index in [2.05, 4.69) is 68.7 Å². The highest BCUT2D eigenvalue weighted by Crippen LogP contribution is 2.31. The molecule has 1 aromatic carbocycles. The Balaban J connectivity index is 1.56. The van der Waals surface area contributed by atoms with Crippen LogP contribution in [0.1, 0.15) is 24.2 Å². The molecule has 1 atom stereocenters. The van der Waals surface area contributed by atoms with Crippen molar-refractivity contribution in [1.82, 2.24) is 24.6 Å². The Morgan fingerprint density at radius 3 is 2.83 bits per heavy atom. The van der Waals surface area contributed by atoms with E-state index in [4.69, 9.17) is 5.10 Å². The zero-order chi connectivity index (χ0) is 20.7. The molecule has 4 heterocycles. The van der Waals surface area contributed by atoms with E-state index in [9.17, 15) is 0 Å². The van der Waals surface area contributed by atoms with E-state index in [1.54, 1.807) is 6.20 Å². The summed E-state index contributed by atoms with van der Waals surface area (Å²) >= 11 is 0. The van der Waals surface area contributed by atoms with Crippen LogP contribution in [0.25, 0.3) is 33.4 Å². The first-order chi connectivity index (χ1) is 14.6. The standard InChI is InChI=1S/C24H24N6/c1-4-30-23(13-22(28-30)24-15-26-9-10-29(24)3)17-5-6-20-18(11-17)12-21(27-20)19-14-25-8-7-16(19)2/h5-15,24,27H,4H2,1-3H3. The minimum absolute atomic E-state index is 0.0534. The van der Waals surface area contributed by atoms with Crippen molar-refractivity contribution >= 4 is 17.1 Å². The number of hydrogen-bond donors (Lipinski definition) is 1. The van der Waals surface area contributed by atoms with E-state index < -0.39 is 0 Å². The fourth-order valence-corrected chi connectivity index (χ4v) is 4.00. The van der Waals surface area contributed by atoms with Crippen LogP contribution < -0.4 is 0 Å². The van der Waals surface area contributed by atoms with E-state index in [-0.39, 0.29) is 6.04 Å². The molecule has 0 bridgehead atoms. The molecule has 0 saturated carbocycles. The van der Waals surface area contributed by atoms with Crippen LogP contribution in [0.5, 0.6) is 0 Å². The minimum Gasteiger partial charge on any atom is -0.366 e. The second-order valence-electron chi connectivity index (χ2n) is 7.65. The Labute approximate surface area is 175 Å². The maximum atomic E-state index is 4.86. The number of hydrogen-bond acceptors (Lipinski definition) is 4. The van der Waals surface area contributed by atoms with E-state index in [0.717, 1.165) is 40.3 Å². The number of H-pyrrole nitrogens is 1. The molecule has 1 N–H and O–H groups in total. The van der Waals surface area contributed by atoms with Gasteiger partial charge in [-0.25, -0.2) is 0 Å². The van der Waals surface area contributed by atoms with Crippen LogP contribution >= 0.6 is 0 Å². The molecule has 0 aliphatic carbocycles. The Morgan fingerprint density at radius 2 is 2.03 bits per heavy atom. The highest BCUT2D eigenvalue weighted by molar-refractivity contribution is 5.89. The molecule has 6 heteroatoms. The summed E-state index contributed by atoms with van der Waals surface area (Å²) in [4.78, 5) is 14.2. The molecule has 0 saturated heterocycles. The van der Waals surface area contributed by atoms with Gasteiger partial charge in [0.25, 0.3) is 0 Å². The molecule has 3 aromatic heterocycles. The third kappa shape index (κ3) is 3.10. The second-order valence-corrected chi connectivity index (χ2v) is 7.65. The topological polar surface area (TPSA) is 62.1 Å². The van der Waals surface area contributed by atoms with Crippen molar-refractivity contribution in [3.63, 3.8) is 0 Å². The normalized spacial score (nSPS) is 16.0. The fourth-order valence-electron chi connectivity index (χ4n) is 4.00. The fraction of sp³-hybridized carbons (Fsp3) is 0.208. The van der Waals surface area contributed by atoms with Crippen molar-refractivity contribution in [1.29, 1.82) is 0 Å². The molecule has 0 spiro atoms. The smallest absolute Gasteiger partial charge is 0.108 e. The van der Waals surface area contributed by atoms with Crippen molar-refractivity contribution in [3.8, 4) is 22.5 Å². The Bertz CT molecular complexity index is 1280. The summed E-state index contributed by atoms with van der Waals surface area (Å²) in [5, 5.41) is 6.03. The van der Waals surface area contributed by atoms with Gasteiger partial charge in [0.1, 0.15) is 6.04 Å². The molecule has 1 unspecified atom stereocenters. The first-order valence-electron chi connectivity index (χ1n) is 10.2. The van der Waals surface area contributed by atoms with E-state index >= 15 is 0 Å². The summed E-state index contributed by atoms with van der Waals surface area (Å²) in [6.07, 6.45) is 9.45. The van der Waals surface area contributed by atoms with Crippen molar-refractivity contribution < 1.29 is 0 Å². The predicted octanol–water partition coefficient (Wildman–Crippen LogP) is 4.95. The Kier molecular flexibility index (Phi) is 4.47. The largest absolute Gasteiger partial charge is 0.366 e. The number of nitrogens with zero attached hydrogens (tertiary/aromatic N) is 5. The summed E-state index contributed by atoms with van der Waals surface area (Å²) in [6, 6.07) is 13.0. The molecule has 6 nitrogen and oxygen atoms in total. The SMILES string of the molecule is CCn1nc(C2C=NC=CN2C)cc1-c1ccc2[nH]c(-c3cnccc3C)cc2c1. The predicted molar refractivity (Wildman–Crippen MR) is 121 cm³/mol. The maximum Gasteiger partial charge on any atom is 0.108 e. The average Bonchev–Trinajstić information content (AvgIpc) is 3.38. The van der Waals surface area contributed by atoms with Gasteiger partial charge in [-0.1, -0.05) is 6.07 Å². The number of rotatable bonds is 4. The quantitative estimate of drug-likeness (QED) is 0.531. The van der Waals surface area contributed by atoms with Crippen LogP contribution in [0, 0.1) is 6.92 Å². The van der Waals surface area contributed by atoms with Crippen LogP contribution in [0.3, 0.4) is 0 Å². The molecule has 1 aliphatic rings. The van der Waals surface area contributed by atoms with Gasteiger partial charge in [-0.05, 0) is 49.7 Å². The molecule has 1 aliphatic heterocycles. The maximum absolute atomic E-state index is 4.86. The number of aromatic amines is 1. The summed E-state index contributed by atoms with van der Waals surface area (Å²) in [7, 11) is 2.05. The molecule has 4 aromatic rings. The third-order valence-electron chi connectivity index (χ3n) is 5.70. The zero-order valence-electron chi connectivity index (χ0n) is 17.4. The van der Waals surface area contributed by atoms with Crippen molar-refractivity contribution in [2.45, 2.75) is 26.4 Å². The monoisotopic (exact) mass is 396 g/mol. The lowest BCUT2D eigenvalue weighted by Crippen LogP contribution is -2.22. The molecular formula is C24H24N6. The second kappa shape index (κ2) is 7.30. The molecule has 0 radical (unpaired) electrons. The van der Waals surface area contributed by atoms with E-state index in [0.29, 0.717) is 0 Å². The summed E-state index contributed by atoms with van der Waals surface area (Å²) in [5.41, 5.74) is 7.81. The molecular weight excluding hydrogens is 372 g/mol. The first kappa shape index (κ1) is 18.4. The van der Waals surface area contributed by atoms with Gasteiger partial charge in [0.05, 0.1) is 11.4 Å². The zero-order valence-corrected chi connectivity index (χ0v) is 17.4. The summed E-state index contributed by atoms with van der Waals surface area (Å²) < 4.78 is 2.06. The van der Waals surface area contributed by atoms with E-state index in [1.165, 1.54) is 10.9 Å². The number of aryl methyl sites for hydroxylation is 2. The van der Waals surface area contributed by atoms with Crippen LogP contribution in [0.2, 0.25) is 0 Å². The lowest BCUT2D eigenvalue weighted by atomic mass is 10.1. The van der Waals surface area contributed by atoms with Crippen LogP contribution in [-0.4, -0.2) is 37.9 Å². The Morgan fingerprint density at radius 1 is 1.13 bits per heavy atom. The van der Waals surface area contributed by atoms with Crippen molar-refractivity contribution in [2.24, 2.45) is 4.99 Å². The van der Waals surface area contributed by atoms with Gasteiger partial charge in [0.15, 0.2) is 0 Å². The lowest BCUT2D eigenvalue weighted by Gasteiger charge is -2.23. The number of pyridine rings is 1. The third-order valence-corrected chi connectivity index (χ3v) is 5.70. The van der Waals surface area contributed by atoms with Gasteiger partial charge >= 0.3 is 0 Å². The van der Waals surface area contributed by atoms with Gasteiger partial charge in [0, 0.05) is 72.3 Å². The van der Waals surface area contributed by atoms with Gasteiger partial charge in [0.2, 0.25) is 0 Å². The van der Waals surface area contributed by atoms with Crippen molar-refractivity contribution in [3.05, 3.63) is 72.4 Å². The van der Waals surface area contributed by atoms with Gasteiger partial charge < -0.3 is 9.88 Å². The first-order valence-corrected chi connectivity index (χ1v) is 10.2. The van der Waals surface area contributed by atoms with Crippen LogP contribution in [0.15, 0.2) is 66.2 Å². The Hall–Kier alpha value is -3.67. The summed E-state index contributed by atoms with van der Waals surface area (Å²) in [6.45, 7) is 5.04. The highest BCUT2D eigenvalue weighted by Gasteiger charge is 2.20. The van der Waals surface area contributed by atoms with Gasteiger partial charge in [-0.2, -0.15) is 5.10 Å². The summed E-state index contributed by atoms with van der Waals surface area (Å²) in [5.74, 6) is 0. The van der Waals surface area contributed by atoms with Crippen LogP contribution in [0.4, 0.5) is 0 Å². The molecule has 5 rings (SSSR count).